The fourth-order valence-corrected chi connectivity index (χ4v) is 5.15. The van der Waals surface area contributed by atoms with Gasteiger partial charge in [0.25, 0.3) is 0 Å². The maximum absolute atomic E-state index is 13.1. The summed E-state index contributed by atoms with van der Waals surface area (Å²) < 4.78 is 28.6. The number of rotatable bonds is 7. The molecule has 1 atom stereocenters. The van der Waals surface area contributed by atoms with E-state index in [0.29, 0.717) is 5.13 Å². The zero-order chi connectivity index (χ0) is 22.0. The van der Waals surface area contributed by atoms with Crippen LogP contribution in [-0.2, 0) is 21.2 Å². The van der Waals surface area contributed by atoms with Crippen LogP contribution in [0.5, 0.6) is 0 Å². The molecule has 0 aliphatic heterocycles. The zero-order valence-corrected chi connectivity index (χ0v) is 18.7. The van der Waals surface area contributed by atoms with E-state index in [1.807, 2.05) is 38.1 Å². The lowest BCUT2D eigenvalue weighted by Crippen LogP contribution is -2.45. The smallest absolute Gasteiger partial charge is 0.244 e. The van der Waals surface area contributed by atoms with E-state index in [4.69, 9.17) is 0 Å². The second-order valence-electron chi connectivity index (χ2n) is 7.32. The first-order chi connectivity index (χ1) is 14.8. The van der Waals surface area contributed by atoms with Crippen molar-refractivity contribution in [3.8, 4) is 0 Å². The molecule has 2 aromatic heterocycles. The summed E-state index contributed by atoms with van der Waals surface area (Å²) in [6.07, 6.45) is 3.65. The number of nitrogens with zero attached hydrogens (tertiary/aromatic N) is 1. The number of fused-ring (bicyclic) bond motifs is 1. The molecule has 9 heteroatoms. The third kappa shape index (κ3) is 4.84. The lowest BCUT2D eigenvalue weighted by atomic mass is 10.1. The molecule has 4 rings (SSSR count). The summed E-state index contributed by atoms with van der Waals surface area (Å²) in [7, 11) is -3.90. The largest absolute Gasteiger partial charge is 0.361 e. The van der Waals surface area contributed by atoms with Crippen molar-refractivity contribution in [2.45, 2.75) is 31.2 Å². The van der Waals surface area contributed by atoms with E-state index < -0.39 is 22.0 Å². The number of H-pyrrole nitrogens is 1. The molecule has 0 spiro atoms. The summed E-state index contributed by atoms with van der Waals surface area (Å²) >= 11 is 1.33. The minimum absolute atomic E-state index is 0.111. The van der Waals surface area contributed by atoms with E-state index >= 15 is 0 Å². The van der Waals surface area contributed by atoms with Gasteiger partial charge in [0.15, 0.2) is 5.13 Å². The summed E-state index contributed by atoms with van der Waals surface area (Å²) in [5, 5.41) is 4.11. The van der Waals surface area contributed by atoms with Crippen LogP contribution in [0.3, 0.4) is 0 Å². The summed E-state index contributed by atoms with van der Waals surface area (Å²) in [5.74, 6) is -0.463. The number of aryl methyl sites for hydroxylation is 2. The normalized spacial score (nSPS) is 12.7. The standard InChI is InChI=1S/C22H22N4O3S2/c1-14-7-9-17(10-8-14)31(28,29)26-20(21(27)25-22-24-12-15(2)30-22)11-16-13-23-19-6-4-3-5-18(16)19/h3-10,12-13,20,23,26H,11H2,1-2H3,(H,24,25,27)/t20-/m0/s1. The average molecular weight is 455 g/mol. The van der Waals surface area contributed by atoms with Crippen molar-refractivity contribution in [1.29, 1.82) is 0 Å². The van der Waals surface area contributed by atoms with E-state index in [0.717, 1.165) is 26.9 Å². The lowest BCUT2D eigenvalue weighted by Gasteiger charge is -2.18. The highest BCUT2D eigenvalue weighted by Gasteiger charge is 2.27. The molecule has 0 aliphatic carbocycles. The molecular weight excluding hydrogens is 432 g/mol. The first-order valence-corrected chi connectivity index (χ1v) is 12.0. The first-order valence-electron chi connectivity index (χ1n) is 9.69. The molecule has 4 aromatic rings. The first kappa shape index (κ1) is 21.2. The molecule has 1 amide bonds. The predicted molar refractivity (Wildman–Crippen MR) is 123 cm³/mol. The van der Waals surface area contributed by atoms with Gasteiger partial charge in [0.05, 0.1) is 4.90 Å². The third-order valence-electron chi connectivity index (χ3n) is 4.90. The monoisotopic (exact) mass is 454 g/mol. The number of carbonyl (C=O) groups excluding carboxylic acids is 1. The van der Waals surface area contributed by atoms with Crippen molar-refractivity contribution in [2.75, 3.05) is 5.32 Å². The number of anilines is 1. The molecule has 0 saturated heterocycles. The molecule has 31 heavy (non-hydrogen) atoms. The third-order valence-corrected chi connectivity index (χ3v) is 7.21. The summed E-state index contributed by atoms with van der Waals surface area (Å²) in [5.41, 5.74) is 2.72. The maximum atomic E-state index is 13.1. The molecule has 0 bridgehead atoms. The molecule has 7 nitrogen and oxygen atoms in total. The number of thiazole rings is 1. The van der Waals surface area contributed by atoms with Gasteiger partial charge in [-0.15, -0.1) is 11.3 Å². The number of para-hydroxylation sites is 1. The lowest BCUT2D eigenvalue weighted by molar-refractivity contribution is -0.117. The minimum Gasteiger partial charge on any atom is -0.361 e. The Balaban J connectivity index is 1.64. The Bertz CT molecular complexity index is 1320. The quantitative estimate of drug-likeness (QED) is 0.395. The number of aromatic amines is 1. The Morgan fingerprint density at radius 1 is 1.13 bits per heavy atom. The Kier molecular flexibility index (Phi) is 5.90. The van der Waals surface area contributed by atoms with Crippen LogP contribution < -0.4 is 10.0 Å². The molecule has 2 aromatic carbocycles. The van der Waals surface area contributed by atoms with E-state index in [9.17, 15) is 13.2 Å². The molecule has 2 heterocycles. The van der Waals surface area contributed by atoms with Gasteiger partial charge >= 0.3 is 0 Å². The van der Waals surface area contributed by atoms with E-state index in [-0.39, 0.29) is 11.3 Å². The minimum atomic E-state index is -3.90. The highest BCUT2D eigenvalue weighted by Crippen LogP contribution is 2.22. The fourth-order valence-electron chi connectivity index (χ4n) is 3.29. The van der Waals surface area contributed by atoms with Crippen molar-refractivity contribution >= 4 is 43.3 Å². The molecular formula is C22H22N4O3S2. The molecule has 0 fully saturated rings. The summed E-state index contributed by atoms with van der Waals surface area (Å²) in [6, 6.07) is 13.2. The molecule has 0 unspecified atom stereocenters. The second-order valence-corrected chi connectivity index (χ2v) is 10.3. The number of carbonyl (C=O) groups is 1. The zero-order valence-electron chi connectivity index (χ0n) is 17.0. The topological polar surface area (TPSA) is 104 Å². The van der Waals surface area contributed by atoms with Gasteiger partial charge in [-0.2, -0.15) is 4.72 Å². The van der Waals surface area contributed by atoms with Gasteiger partial charge in [0, 0.05) is 28.2 Å². The highest BCUT2D eigenvalue weighted by atomic mass is 32.2. The average Bonchev–Trinajstić information content (AvgIpc) is 3.33. The Labute approximate surface area is 184 Å². The van der Waals surface area contributed by atoms with Crippen LogP contribution in [0.25, 0.3) is 10.9 Å². The summed E-state index contributed by atoms with van der Waals surface area (Å²) in [6.45, 7) is 3.77. The van der Waals surface area contributed by atoms with Crippen LogP contribution >= 0.6 is 11.3 Å². The number of nitrogens with one attached hydrogen (secondary N) is 3. The molecule has 0 radical (unpaired) electrons. The number of amides is 1. The van der Waals surface area contributed by atoms with Gasteiger partial charge < -0.3 is 10.3 Å². The molecule has 0 saturated carbocycles. The Hall–Kier alpha value is -3.01. The van der Waals surface area contributed by atoms with Crippen molar-refractivity contribution in [1.82, 2.24) is 14.7 Å². The summed E-state index contributed by atoms with van der Waals surface area (Å²) in [4.78, 5) is 21.4. The number of hydrogen-bond acceptors (Lipinski definition) is 5. The van der Waals surface area contributed by atoms with Crippen molar-refractivity contribution in [3.63, 3.8) is 0 Å². The van der Waals surface area contributed by atoms with Crippen LogP contribution in [0.1, 0.15) is 16.0 Å². The van der Waals surface area contributed by atoms with Crippen LogP contribution in [-0.4, -0.2) is 30.3 Å². The fraction of sp³-hybridized carbons (Fsp3) is 0.182. The SMILES string of the molecule is Cc1ccc(S(=O)(=O)N[C@@H](Cc2c[nH]c3ccccc23)C(=O)Nc2ncc(C)s2)cc1. The second kappa shape index (κ2) is 8.62. The predicted octanol–water partition coefficient (Wildman–Crippen LogP) is 3.77. The maximum Gasteiger partial charge on any atom is 0.244 e. The molecule has 160 valence electrons. The van der Waals surface area contributed by atoms with Gasteiger partial charge in [-0.1, -0.05) is 35.9 Å². The van der Waals surface area contributed by atoms with Crippen LogP contribution in [0, 0.1) is 13.8 Å². The van der Waals surface area contributed by atoms with E-state index in [1.165, 1.54) is 23.5 Å². The number of hydrogen-bond donors (Lipinski definition) is 3. The Morgan fingerprint density at radius 2 is 1.87 bits per heavy atom. The number of benzene rings is 2. The van der Waals surface area contributed by atoms with Gasteiger partial charge in [0.1, 0.15) is 6.04 Å². The van der Waals surface area contributed by atoms with Gasteiger partial charge in [-0.3, -0.25) is 4.79 Å². The Morgan fingerprint density at radius 3 is 2.58 bits per heavy atom. The van der Waals surface area contributed by atoms with Crippen LogP contribution in [0.4, 0.5) is 5.13 Å². The van der Waals surface area contributed by atoms with Crippen molar-refractivity contribution in [2.24, 2.45) is 0 Å². The van der Waals surface area contributed by atoms with Crippen molar-refractivity contribution in [3.05, 3.63) is 76.9 Å². The molecule has 0 aliphatic rings. The van der Waals surface area contributed by atoms with Crippen molar-refractivity contribution < 1.29 is 13.2 Å². The molecule has 3 N–H and O–H groups in total. The van der Waals surface area contributed by atoms with E-state index in [1.54, 1.807) is 24.5 Å². The number of aromatic nitrogens is 2. The van der Waals surface area contributed by atoms with Crippen LogP contribution in [0.2, 0.25) is 0 Å². The van der Waals surface area contributed by atoms with Gasteiger partial charge in [0.2, 0.25) is 15.9 Å². The van der Waals surface area contributed by atoms with E-state index in [2.05, 4.69) is 20.0 Å². The number of sulfonamides is 1. The highest BCUT2D eigenvalue weighted by molar-refractivity contribution is 7.89. The van der Waals surface area contributed by atoms with Gasteiger partial charge in [-0.05, 0) is 44.0 Å². The van der Waals surface area contributed by atoms with Gasteiger partial charge in [-0.25, -0.2) is 13.4 Å². The van der Waals surface area contributed by atoms with Crippen LogP contribution in [0.15, 0.2) is 65.8 Å².